The molecule has 1 saturated carbocycles. The van der Waals surface area contributed by atoms with E-state index in [1.54, 1.807) is 7.11 Å². The van der Waals surface area contributed by atoms with Gasteiger partial charge in [0.05, 0.1) is 7.11 Å². The maximum Gasteiger partial charge on any atom is 0.119 e. The average Bonchev–Trinajstić information content (AvgIpc) is 3.19. The van der Waals surface area contributed by atoms with E-state index in [-0.39, 0.29) is 5.41 Å². The summed E-state index contributed by atoms with van der Waals surface area (Å²) in [7, 11) is 1.69. The molecule has 1 unspecified atom stereocenters. The third-order valence-electron chi connectivity index (χ3n) is 6.59. The minimum absolute atomic E-state index is 0.301. The van der Waals surface area contributed by atoms with Crippen LogP contribution in [0.5, 0.6) is 5.75 Å². The van der Waals surface area contributed by atoms with Gasteiger partial charge in [-0.25, -0.2) is 0 Å². The summed E-state index contributed by atoms with van der Waals surface area (Å²) in [6, 6.07) is 18.8. The number of oxime groups is 1. The standard InChI is InChI=1S/C25H25N3O2/c1-30-20-12-6-11-19(15-20)25(18-9-3-2-4-10-18)14-13-21-22(16-25)26-27-24(21)23(28-29)17-7-5-8-17/h2-4,6,9-15,17,29H,5,7-8,16H2,1H3,(H,26,27)/b28-23+. The molecule has 5 heteroatoms. The van der Waals surface area contributed by atoms with Crippen LogP contribution in [0, 0.1) is 5.92 Å². The lowest BCUT2D eigenvalue weighted by atomic mass is 9.68. The molecule has 0 saturated heterocycles. The van der Waals surface area contributed by atoms with Gasteiger partial charge in [-0.1, -0.05) is 66.2 Å². The SMILES string of the molecule is COc1cccc(C2(c3ccccc3)C=Cc3c(/C(=N/O)C4CCC4)n[nH]c3C2)c1. The van der Waals surface area contributed by atoms with E-state index in [1.807, 2.05) is 18.2 Å². The van der Waals surface area contributed by atoms with Gasteiger partial charge in [0.25, 0.3) is 0 Å². The maximum atomic E-state index is 9.65. The zero-order valence-electron chi connectivity index (χ0n) is 17.0. The van der Waals surface area contributed by atoms with Crippen LogP contribution < -0.4 is 4.74 Å². The zero-order chi connectivity index (χ0) is 20.6. The number of nitrogens with one attached hydrogen (secondary N) is 1. The van der Waals surface area contributed by atoms with Crippen molar-refractivity contribution in [3.63, 3.8) is 0 Å². The average molecular weight is 399 g/mol. The highest BCUT2D eigenvalue weighted by molar-refractivity contribution is 6.04. The lowest BCUT2D eigenvalue weighted by Crippen LogP contribution is -2.31. The van der Waals surface area contributed by atoms with Gasteiger partial charge in [-0.2, -0.15) is 5.10 Å². The van der Waals surface area contributed by atoms with Crippen molar-refractivity contribution >= 4 is 11.8 Å². The highest BCUT2D eigenvalue weighted by Gasteiger charge is 2.38. The number of nitrogens with zero attached hydrogens (tertiary/aromatic N) is 2. The van der Waals surface area contributed by atoms with Crippen molar-refractivity contribution in [1.82, 2.24) is 10.2 Å². The van der Waals surface area contributed by atoms with Crippen LogP contribution in [0.15, 0.2) is 65.8 Å². The van der Waals surface area contributed by atoms with Crippen molar-refractivity contribution in [2.45, 2.75) is 31.1 Å². The second-order valence-electron chi connectivity index (χ2n) is 8.16. The van der Waals surface area contributed by atoms with Crippen LogP contribution in [-0.4, -0.2) is 28.2 Å². The van der Waals surface area contributed by atoms with Crippen LogP contribution in [0.25, 0.3) is 6.08 Å². The first-order chi connectivity index (χ1) is 14.7. The molecule has 1 aromatic heterocycles. The minimum atomic E-state index is -0.334. The molecule has 5 nitrogen and oxygen atoms in total. The summed E-state index contributed by atoms with van der Waals surface area (Å²) in [5.74, 6) is 1.14. The van der Waals surface area contributed by atoms with E-state index in [9.17, 15) is 5.21 Å². The van der Waals surface area contributed by atoms with Gasteiger partial charge in [0.2, 0.25) is 0 Å². The molecular weight excluding hydrogens is 374 g/mol. The number of hydrogen-bond donors (Lipinski definition) is 2. The first-order valence-electron chi connectivity index (χ1n) is 10.4. The Bertz CT molecular complexity index is 1110. The number of rotatable bonds is 5. The molecule has 0 spiro atoms. The largest absolute Gasteiger partial charge is 0.497 e. The van der Waals surface area contributed by atoms with E-state index in [0.717, 1.165) is 42.0 Å². The van der Waals surface area contributed by atoms with Crippen molar-refractivity contribution in [3.8, 4) is 5.75 Å². The fraction of sp³-hybridized carbons (Fsp3) is 0.280. The number of benzene rings is 2. The molecule has 1 heterocycles. The number of aromatic nitrogens is 2. The molecule has 2 aliphatic carbocycles. The van der Waals surface area contributed by atoms with Crippen molar-refractivity contribution in [1.29, 1.82) is 0 Å². The van der Waals surface area contributed by atoms with Gasteiger partial charge < -0.3 is 9.94 Å². The Hall–Kier alpha value is -3.34. The van der Waals surface area contributed by atoms with Crippen molar-refractivity contribution < 1.29 is 9.94 Å². The van der Waals surface area contributed by atoms with Crippen LogP contribution >= 0.6 is 0 Å². The molecule has 1 atom stereocenters. The third kappa shape index (κ3) is 2.93. The minimum Gasteiger partial charge on any atom is -0.497 e. The highest BCUT2D eigenvalue weighted by atomic mass is 16.5. The van der Waals surface area contributed by atoms with Crippen molar-refractivity contribution in [2.75, 3.05) is 7.11 Å². The molecule has 5 rings (SSSR count). The molecule has 0 aliphatic heterocycles. The Balaban J connectivity index is 1.62. The molecule has 0 radical (unpaired) electrons. The summed E-state index contributed by atoms with van der Waals surface area (Å²) in [5.41, 5.74) is 5.62. The molecule has 152 valence electrons. The van der Waals surface area contributed by atoms with Crippen LogP contribution in [0.2, 0.25) is 0 Å². The van der Waals surface area contributed by atoms with E-state index in [4.69, 9.17) is 4.74 Å². The van der Waals surface area contributed by atoms with Gasteiger partial charge in [0.1, 0.15) is 17.2 Å². The summed E-state index contributed by atoms with van der Waals surface area (Å²) in [5, 5.41) is 21.1. The number of ether oxygens (including phenoxy) is 1. The quantitative estimate of drug-likeness (QED) is 0.362. The van der Waals surface area contributed by atoms with Crippen LogP contribution in [0.3, 0.4) is 0 Å². The fourth-order valence-corrected chi connectivity index (χ4v) is 4.66. The van der Waals surface area contributed by atoms with E-state index < -0.39 is 0 Å². The van der Waals surface area contributed by atoms with Gasteiger partial charge in [-0.15, -0.1) is 0 Å². The second kappa shape index (κ2) is 7.48. The van der Waals surface area contributed by atoms with E-state index >= 15 is 0 Å². The summed E-state index contributed by atoms with van der Waals surface area (Å²) in [6.07, 6.45) is 8.43. The summed E-state index contributed by atoms with van der Waals surface area (Å²) in [6.45, 7) is 0. The Morgan fingerprint density at radius 1 is 1.13 bits per heavy atom. The fourth-order valence-electron chi connectivity index (χ4n) is 4.66. The monoisotopic (exact) mass is 399 g/mol. The molecule has 1 fully saturated rings. The lowest BCUT2D eigenvalue weighted by molar-refractivity contribution is 0.305. The van der Waals surface area contributed by atoms with Gasteiger partial charge in [-0.05, 0) is 36.1 Å². The number of aromatic amines is 1. The molecule has 2 aromatic carbocycles. The Morgan fingerprint density at radius 3 is 2.63 bits per heavy atom. The van der Waals surface area contributed by atoms with Gasteiger partial charge >= 0.3 is 0 Å². The number of allylic oxidation sites excluding steroid dienone is 1. The normalized spacial score (nSPS) is 21.2. The Labute approximate surface area is 176 Å². The topological polar surface area (TPSA) is 70.5 Å². The molecule has 3 aromatic rings. The zero-order valence-corrected chi connectivity index (χ0v) is 17.0. The third-order valence-corrected chi connectivity index (χ3v) is 6.59. The molecule has 2 N–H and O–H groups in total. The number of methoxy groups -OCH3 is 1. The first kappa shape index (κ1) is 18.7. The molecule has 0 amide bonds. The van der Waals surface area contributed by atoms with Crippen LogP contribution in [0.1, 0.15) is 47.3 Å². The molecular formula is C25H25N3O2. The van der Waals surface area contributed by atoms with Crippen molar-refractivity contribution in [3.05, 3.63) is 88.8 Å². The number of H-pyrrole nitrogens is 1. The van der Waals surface area contributed by atoms with Gasteiger partial charge in [-0.3, -0.25) is 5.10 Å². The summed E-state index contributed by atoms with van der Waals surface area (Å²) in [4.78, 5) is 0. The van der Waals surface area contributed by atoms with Gasteiger partial charge in [0, 0.05) is 29.0 Å². The lowest BCUT2D eigenvalue weighted by Gasteiger charge is -2.35. The highest BCUT2D eigenvalue weighted by Crippen LogP contribution is 2.43. The molecule has 30 heavy (non-hydrogen) atoms. The molecule has 0 bridgehead atoms. The smallest absolute Gasteiger partial charge is 0.119 e. The predicted molar refractivity (Wildman–Crippen MR) is 117 cm³/mol. The van der Waals surface area contributed by atoms with E-state index in [1.165, 1.54) is 17.5 Å². The number of fused-ring (bicyclic) bond motifs is 1. The van der Waals surface area contributed by atoms with Crippen LogP contribution in [0.4, 0.5) is 0 Å². The Morgan fingerprint density at radius 2 is 1.93 bits per heavy atom. The maximum absolute atomic E-state index is 9.65. The second-order valence-corrected chi connectivity index (χ2v) is 8.16. The first-order valence-corrected chi connectivity index (χ1v) is 10.4. The van der Waals surface area contributed by atoms with Gasteiger partial charge in [0.15, 0.2) is 0 Å². The molecule has 2 aliphatic rings. The van der Waals surface area contributed by atoms with E-state index in [0.29, 0.717) is 11.6 Å². The summed E-state index contributed by atoms with van der Waals surface area (Å²) < 4.78 is 5.50. The van der Waals surface area contributed by atoms with Crippen molar-refractivity contribution in [2.24, 2.45) is 11.1 Å². The predicted octanol–water partition coefficient (Wildman–Crippen LogP) is 4.95. The van der Waals surface area contributed by atoms with Crippen LogP contribution in [-0.2, 0) is 11.8 Å². The summed E-state index contributed by atoms with van der Waals surface area (Å²) >= 11 is 0. The van der Waals surface area contributed by atoms with E-state index in [2.05, 4.69) is 63.9 Å². The number of hydrogen-bond acceptors (Lipinski definition) is 4. The Kier molecular flexibility index (Phi) is 4.66.